The third-order valence-corrected chi connectivity index (χ3v) is 4.82. The summed E-state index contributed by atoms with van der Waals surface area (Å²) in [5, 5.41) is 16.3. The number of hydrogen-bond donors (Lipinski definition) is 8. The highest BCUT2D eigenvalue weighted by Crippen LogP contribution is 2.03. The van der Waals surface area contributed by atoms with Gasteiger partial charge in [-0.1, -0.05) is 30.3 Å². The first-order valence-electron chi connectivity index (χ1n) is 10.2. The first-order valence-corrected chi connectivity index (χ1v) is 10.8. The highest BCUT2D eigenvalue weighted by atomic mass is 32.1. The molecule has 12 nitrogen and oxygen atoms in total. The smallest absolute Gasteiger partial charge is 0.327 e. The molecule has 0 radical (unpaired) electrons. The van der Waals surface area contributed by atoms with Gasteiger partial charge in [0.2, 0.25) is 17.7 Å². The molecule has 0 fully saturated rings. The fourth-order valence-corrected chi connectivity index (χ4v) is 2.98. The van der Waals surface area contributed by atoms with E-state index in [1.165, 1.54) is 0 Å². The number of carbonyl (C=O) groups excluding carboxylic acids is 3. The lowest BCUT2D eigenvalue weighted by molar-refractivity contribution is -0.141. The Morgan fingerprint density at radius 3 is 2.27 bits per heavy atom. The second kappa shape index (κ2) is 14.7. The number of carboxylic acids is 1. The quantitative estimate of drug-likeness (QED) is 0.0624. The molecule has 0 aliphatic rings. The van der Waals surface area contributed by atoms with Crippen LogP contribution in [0.25, 0.3) is 0 Å². The molecule has 0 saturated heterocycles. The van der Waals surface area contributed by atoms with E-state index < -0.39 is 48.4 Å². The Kier molecular flexibility index (Phi) is 12.3. The fraction of sp³-hybridized carbons (Fsp3) is 0.450. The minimum atomic E-state index is -1.26. The van der Waals surface area contributed by atoms with Crippen molar-refractivity contribution in [2.75, 3.05) is 18.8 Å². The summed E-state index contributed by atoms with van der Waals surface area (Å²) in [4.78, 5) is 52.0. The highest BCUT2D eigenvalue weighted by Gasteiger charge is 2.26. The monoisotopic (exact) mass is 481 g/mol. The fourth-order valence-electron chi connectivity index (χ4n) is 2.73. The zero-order valence-electron chi connectivity index (χ0n) is 18.1. The molecule has 0 bridgehead atoms. The predicted molar refractivity (Wildman–Crippen MR) is 126 cm³/mol. The van der Waals surface area contributed by atoms with Crippen molar-refractivity contribution in [3.63, 3.8) is 0 Å². The first-order chi connectivity index (χ1) is 15.6. The molecule has 182 valence electrons. The Morgan fingerprint density at radius 2 is 1.70 bits per heavy atom. The predicted octanol–water partition coefficient (Wildman–Crippen LogP) is -2.29. The van der Waals surface area contributed by atoms with Crippen LogP contribution < -0.4 is 33.2 Å². The van der Waals surface area contributed by atoms with E-state index in [2.05, 4.69) is 33.6 Å². The third-order valence-electron chi connectivity index (χ3n) is 4.45. The molecule has 13 heteroatoms. The van der Waals surface area contributed by atoms with Crippen LogP contribution in [-0.2, 0) is 25.6 Å². The Labute approximate surface area is 197 Å². The number of nitrogens with one attached hydrogen (secondary N) is 3. The Balaban J connectivity index is 2.64. The van der Waals surface area contributed by atoms with Gasteiger partial charge in [0, 0.05) is 12.3 Å². The van der Waals surface area contributed by atoms with Crippen molar-refractivity contribution in [3.05, 3.63) is 35.9 Å². The van der Waals surface area contributed by atoms with Crippen LogP contribution in [0.2, 0.25) is 0 Å². The molecule has 10 N–H and O–H groups in total. The number of thiol groups is 1. The molecule has 0 aliphatic heterocycles. The number of nitrogens with zero attached hydrogens (tertiary/aromatic N) is 1. The van der Waals surface area contributed by atoms with Crippen molar-refractivity contribution in [1.29, 1.82) is 0 Å². The molecule has 1 aromatic rings. The highest BCUT2D eigenvalue weighted by molar-refractivity contribution is 7.80. The van der Waals surface area contributed by atoms with E-state index in [4.69, 9.17) is 22.3 Å². The standard InChI is InChI=1S/C20H31N7O5S/c21-13(9-12-5-2-1-3-6-12)17(29)25-10-16(28)26-14(7-4-8-24-20(22)23)18(30)27-15(11-33)19(31)32/h1-3,5-6,13-15,33H,4,7-11,21H2,(H,25,29)(H,26,28)(H,27,30)(H,31,32)(H4,22,23,24). The summed E-state index contributed by atoms with van der Waals surface area (Å²) < 4.78 is 0. The molecule has 0 saturated carbocycles. The minimum absolute atomic E-state index is 0.115. The number of benzene rings is 1. The van der Waals surface area contributed by atoms with E-state index in [1.54, 1.807) is 0 Å². The van der Waals surface area contributed by atoms with Crippen molar-refractivity contribution in [2.24, 2.45) is 22.2 Å². The maximum Gasteiger partial charge on any atom is 0.327 e. The van der Waals surface area contributed by atoms with Gasteiger partial charge in [-0.25, -0.2) is 4.79 Å². The zero-order chi connectivity index (χ0) is 24.8. The summed E-state index contributed by atoms with van der Waals surface area (Å²) >= 11 is 3.90. The van der Waals surface area contributed by atoms with Crippen molar-refractivity contribution in [1.82, 2.24) is 16.0 Å². The van der Waals surface area contributed by atoms with Crippen molar-refractivity contribution in [3.8, 4) is 0 Å². The maximum atomic E-state index is 12.5. The number of carboxylic acid groups (broad SMARTS) is 1. The zero-order valence-corrected chi connectivity index (χ0v) is 19.0. The van der Waals surface area contributed by atoms with Crippen molar-refractivity contribution in [2.45, 2.75) is 37.4 Å². The van der Waals surface area contributed by atoms with Gasteiger partial charge in [0.15, 0.2) is 5.96 Å². The molecule has 3 unspecified atom stereocenters. The molecule has 0 heterocycles. The van der Waals surface area contributed by atoms with Crippen LogP contribution in [0, 0.1) is 0 Å². The Bertz CT molecular complexity index is 833. The number of amides is 3. The van der Waals surface area contributed by atoms with Crippen LogP contribution in [0.1, 0.15) is 18.4 Å². The Hall–Kier alpha value is -3.32. The van der Waals surface area contributed by atoms with Gasteiger partial charge in [-0.05, 0) is 24.8 Å². The summed E-state index contributed by atoms with van der Waals surface area (Å²) in [7, 11) is 0. The maximum absolute atomic E-state index is 12.5. The lowest BCUT2D eigenvalue weighted by Crippen LogP contribution is -2.54. The summed E-state index contributed by atoms with van der Waals surface area (Å²) in [5.74, 6) is -3.38. The summed E-state index contributed by atoms with van der Waals surface area (Å²) in [5.41, 5.74) is 17.3. The van der Waals surface area contributed by atoms with Gasteiger partial charge in [0.05, 0.1) is 12.6 Å². The molecule has 33 heavy (non-hydrogen) atoms. The van der Waals surface area contributed by atoms with E-state index in [9.17, 15) is 19.2 Å². The molecule has 1 rings (SSSR count). The topological polar surface area (TPSA) is 215 Å². The second-order valence-corrected chi connectivity index (χ2v) is 7.53. The van der Waals surface area contributed by atoms with Gasteiger partial charge < -0.3 is 38.3 Å². The number of hydrogen-bond acceptors (Lipinski definition) is 7. The summed E-state index contributed by atoms with van der Waals surface area (Å²) in [6, 6.07) is 6.02. The van der Waals surface area contributed by atoms with Gasteiger partial charge >= 0.3 is 5.97 Å². The third kappa shape index (κ3) is 11.2. The number of carbonyl (C=O) groups is 4. The number of rotatable bonds is 14. The average Bonchev–Trinajstić information content (AvgIpc) is 2.77. The van der Waals surface area contributed by atoms with E-state index in [1.807, 2.05) is 30.3 Å². The van der Waals surface area contributed by atoms with E-state index in [-0.39, 0.29) is 24.7 Å². The van der Waals surface area contributed by atoms with Gasteiger partial charge in [-0.3, -0.25) is 19.4 Å². The summed E-state index contributed by atoms with van der Waals surface area (Å²) in [6.45, 7) is -0.198. The molecule has 3 amide bonds. The molecular formula is C20H31N7O5S. The van der Waals surface area contributed by atoms with Gasteiger partial charge in [0.25, 0.3) is 0 Å². The van der Waals surface area contributed by atoms with E-state index >= 15 is 0 Å². The number of aliphatic imine (C=N–C) groups is 1. The minimum Gasteiger partial charge on any atom is -0.480 e. The molecule has 0 spiro atoms. The lowest BCUT2D eigenvalue weighted by Gasteiger charge is -2.21. The summed E-state index contributed by atoms with van der Waals surface area (Å²) in [6.07, 6.45) is 0.766. The second-order valence-electron chi connectivity index (χ2n) is 7.16. The van der Waals surface area contributed by atoms with Crippen molar-refractivity contribution < 1.29 is 24.3 Å². The van der Waals surface area contributed by atoms with Gasteiger partial charge in [-0.2, -0.15) is 12.6 Å². The van der Waals surface area contributed by atoms with Crippen LogP contribution in [-0.4, -0.2) is 71.7 Å². The van der Waals surface area contributed by atoms with Gasteiger partial charge in [0.1, 0.15) is 12.1 Å². The first kappa shape index (κ1) is 27.7. The number of aliphatic carboxylic acids is 1. The van der Waals surface area contributed by atoms with Crippen LogP contribution in [0.15, 0.2) is 35.3 Å². The molecule has 3 atom stereocenters. The van der Waals surface area contributed by atoms with Crippen molar-refractivity contribution >= 4 is 42.3 Å². The normalized spacial score (nSPS) is 13.2. The average molecular weight is 482 g/mol. The van der Waals surface area contributed by atoms with Gasteiger partial charge in [-0.15, -0.1) is 0 Å². The van der Waals surface area contributed by atoms with Crippen LogP contribution in [0.3, 0.4) is 0 Å². The SMILES string of the molecule is NC(N)=NCCCC(NC(=O)CNC(=O)C(N)Cc1ccccc1)C(=O)NC(CS)C(=O)O. The van der Waals surface area contributed by atoms with E-state index in [0.717, 1.165) is 5.56 Å². The van der Waals surface area contributed by atoms with E-state index in [0.29, 0.717) is 12.8 Å². The van der Waals surface area contributed by atoms with Crippen LogP contribution >= 0.6 is 12.6 Å². The molecule has 0 aliphatic carbocycles. The Morgan fingerprint density at radius 1 is 1.03 bits per heavy atom. The molecular weight excluding hydrogens is 450 g/mol. The van der Waals surface area contributed by atoms with Crippen LogP contribution in [0.5, 0.6) is 0 Å². The lowest BCUT2D eigenvalue weighted by atomic mass is 10.1. The number of guanidine groups is 1. The number of nitrogens with two attached hydrogens (primary N) is 3. The molecule has 1 aromatic carbocycles. The molecule has 0 aromatic heterocycles. The van der Waals surface area contributed by atoms with Crippen LogP contribution in [0.4, 0.5) is 0 Å². The largest absolute Gasteiger partial charge is 0.480 e.